The third-order valence-corrected chi connectivity index (χ3v) is 2.82. The summed E-state index contributed by atoms with van der Waals surface area (Å²) in [4.78, 5) is 10.9. The minimum absolute atomic E-state index is 0.168. The van der Waals surface area contributed by atoms with Crippen LogP contribution in [0.4, 0.5) is 0 Å². The molecule has 0 unspecified atom stereocenters. The van der Waals surface area contributed by atoms with Crippen molar-refractivity contribution in [2.45, 2.75) is 6.92 Å². The highest BCUT2D eigenvalue weighted by Crippen LogP contribution is 2.26. The van der Waals surface area contributed by atoms with Gasteiger partial charge in [0.25, 0.3) is 0 Å². The molecule has 0 radical (unpaired) electrons. The molecule has 0 amide bonds. The molecule has 0 spiro atoms. The van der Waals surface area contributed by atoms with Gasteiger partial charge in [0.15, 0.2) is 0 Å². The Kier molecular flexibility index (Phi) is 3.25. The van der Waals surface area contributed by atoms with Gasteiger partial charge in [-0.05, 0) is 25.1 Å². The Labute approximate surface area is 109 Å². The van der Waals surface area contributed by atoms with Crippen LogP contribution < -0.4 is 4.74 Å². The van der Waals surface area contributed by atoms with E-state index in [2.05, 4.69) is 5.10 Å². The lowest BCUT2D eigenvalue weighted by atomic mass is 10.3. The van der Waals surface area contributed by atoms with Crippen molar-refractivity contribution in [3.8, 4) is 11.4 Å². The average molecular weight is 267 g/mol. The summed E-state index contributed by atoms with van der Waals surface area (Å²) >= 11 is 6.01. The van der Waals surface area contributed by atoms with E-state index in [0.29, 0.717) is 22.2 Å². The Morgan fingerprint density at radius 3 is 2.72 bits per heavy atom. The lowest BCUT2D eigenvalue weighted by molar-refractivity contribution is 0.0696. The standard InChI is InChI=1S/C12H11ClN2O3/c1-7-9(12(16)17)6-15(14-7)8-3-4-11(18-2)10(13)5-8/h3-6H,1-2H3,(H,16,17). The zero-order chi connectivity index (χ0) is 13.3. The number of aryl methyl sites for hydroxylation is 1. The van der Waals surface area contributed by atoms with Crippen LogP contribution in [-0.4, -0.2) is 28.0 Å². The van der Waals surface area contributed by atoms with E-state index in [1.54, 1.807) is 25.1 Å². The Bertz CT molecular complexity index is 607. The molecule has 6 heteroatoms. The topological polar surface area (TPSA) is 64.3 Å². The normalized spacial score (nSPS) is 10.4. The van der Waals surface area contributed by atoms with Crippen LogP contribution in [0.15, 0.2) is 24.4 Å². The molecule has 2 rings (SSSR count). The largest absolute Gasteiger partial charge is 0.495 e. The summed E-state index contributed by atoms with van der Waals surface area (Å²) in [6.45, 7) is 1.64. The van der Waals surface area contributed by atoms with Crippen LogP contribution in [0.2, 0.25) is 5.02 Å². The number of carboxylic acid groups (broad SMARTS) is 1. The quantitative estimate of drug-likeness (QED) is 0.927. The van der Waals surface area contributed by atoms with Crippen molar-refractivity contribution >= 4 is 17.6 Å². The SMILES string of the molecule is COc1ccc(-n2cc(C(=O)O)c(C)n2)cc1Cl. The number of aromatic nitrogens is 2. The second-order valence-electron chi connectivity index (χ2n) is 3.70. The molecule has 1 aromatic carbocycles. The molecule has 0 saturated heterocycles. The highest BCUT2D eigenvalue weighted by molar-refractivity contribution is 6.32. The molecular formula is C12H11ClN2O3. The second-order valence-corrected chi connectivity index (χ2v) is 4.10. The van der Waals surface area contributed by atoms with E-state index >= 15 is 0 Å². The number of benzene rings is 1. The summed E-state index contributed by atoms with van der Waals surface area (Å²) in [6.07, 6.45) is 1.45. The maximum atomic E-state index is 10.9. The summed E-state index contributed by atoms with van der Waals surface area (Å²) < 4.78 is 6.52. The van der Waals surface area contributed by atoms with Crippen LogP contribution in [0.1, 0.15) is 16.1 Å². The van der Waals surface area contributed by atoms with Crippen molar-refractivity contribution in [2.75, 3.05) is 7.11 Å². The minimum Gasteiger partial charge on any atom is -0.495 e. The third-order valence-electron chi connectivity index (χ3n) is 2.53. The van der Waals surface area contributed by atoms with Gasteiger partial charge in [-0.1, -0.05) is 11.6 Å². The van der Waals surface area contributed by atoms with Crippen molar-refractivity contribution in [2.24, 2.45) is 0 Å². The Morgan fingerprint density at radius 1 is 1.50 bits per heavy atom. The first kappa shape index (κ1) is 12.4. The van der Waals surface area contributed by atoms with Gasteiger partial charge in [-0.25, -0.2) is 9.48 Å². The van der Waals surface area contributed by atoms with Gasteiger partial charge < -0.3 is 9.84 Å². The monoisotopic (exact) mass is 266 g/mol. The van der Waals surface area contributed by atoms with Crippen LogP contribution in [0.25, 0.3) is 5.69 Å². The van der Waals surface area contributed by atoms with E-state index < -0.39 is 5.97 Å². The fourth-order valence-electron chi connectivity index (χ4n) is 1.60. The van der Waals surface area contributed by atoms with Gasteiger partial charge in [-0.3, -0.25) is 0 Å². The molecule has 1 N–H and O–H groups in total. The molecule has 18 heavy (non-hydrogen) atoms. The van der Waals surface area contributed by atoms with Gasteiger partial charge >= 0.3 is 5.97 Å². The molecule has 0 saturated carbocycles. The zero-order valence-electron chi connectivity index (χ0n) is 9.85. The van der Waals surface area contributed by atoms with Crippen molar-refractivity contribution in [3.63, 3.8) is 0 Å². The molecule has 0 aliphatic carbocycles. The van der Waals surface area contributed by atoms with Gasteiger partial charge in [0.2, 0.25) is 0 Å². The lowest BCUT2D eigenvalue weighted by Crippen LogP contribution is -1.96. The predicted octanol–water partition coefficient (Wildman–Crippen LogP) is 2.54. The number of rotatable bonds is 3. The summed E-state index contributed by atoms with van der Waals surface area (Å²) in [5.74, 6) is -0.443. The molecule has 1 aromatic heterocycles. The van der Waals surface area contributed by atoms with E-state index in [1.165, 1.54) is 18.0 Å². The number of hydrogen-bond donors (Lipinski definition) is 1. The van der Waals surface area contributed by atoms with Gasteiger partial charge in [-0.15, -0.1) is 0 Å². The number of hydrogen-bond acceptors (Lipinski definition) is 3. The second kappa shape index (κ2) is 4.70. The summed E-state index contributed by atoms with van der Waals surface area (Å²) in [6, 6.07) is 5.12. The molecular weight excluding hydrogens is 256 g/mol. The molecule has 0 fully saturated rings. The lowest BCUT2D eigenvalue weighted by Gasteiger charge is -2.05. The average Bonchev–Trinajstić information content (AvgIpc) is 2.71. The van der Waals surface area contributed by atoms with Crippen LogP contribution in [0.5, 0.6) is 5.75 Å². The predicted molar refractivity (Wildman–Crippen MR) is 66.8 cm³/mol. The fraction of sp³-hybridized carbons (Fsp3) is 0.167. The highest BCUT2D eigenvalue weighted by atomic mass is 35.5. The fourth-order valence-corrected chi connectivity index (χ4v) is 1.85. The number of carboxylic acids is 1. The van der Waals surface area contributed by atoms with Crippen molar-refractivity contribution in [1.82, 2.24) is 9.78 Å². The Hall–Kier alpha value is -2.01. The number of nitrogens with zero attached hydrogens (tertiary/aromatic N) is 2. The van der Waals surface area contributed by atoms with E-state index in [4.69, 9.17) is 21.4 Å². The number of methoxy groups -OCH3 is 1. The summed E-state index contributed by atoms with van der Waals surface area (Å²) in [7, 11) is 1.53. The van der Waals surface area contributed by atoms with Crippen molar-refractivity contribution in [1.29, 1.82) is 0 Å². The maximum Gasteiger partial charge on any atom is 0.339 e. The molecule has 0 aliphatic heterocycles. The molecule has 5 nitrogen and oxygen atoms in total. The Morgan fingerprint density at radius 2 is 2.22 bits per heavy atom. The van der Waals surface area contributed by atoms with E-state index in [-0.39, 0.29) is 5.56 Å². The van der Waals surface area contributed by atoms with Gasteiger partial charge in [0, 0.05) is 6.20 Å². The van der Waals surface area contributed by atoms with Crippen LogP contribution in [0.3, 0.4) is 0 Å². The first-order valence-electron chi connectivity index (χ1n) is 5.16. The van der Waals surface area contributed by atoms with E-state index in [0.717, 1.165) is 0 Å². The zero-order valence-corrected chi connectivity index (χ0v) is 10.6. The maximum absolute atomic E-state index is 10.9. The van der Waals surface area contributed by atoms with Crippen LogP contribution >= 0.6 is 11.6 Å². The van der Waals surface area contributed by atoms with E-state index in [1.807, 2.05) is 0 Å². The highest BCUT2D eigenvalue weighted by Gasteiger charge is 2.13. The molecule has 0 aliphatic rings. The number of ether oxygens (including phenoxy) is 1. The van der Waals surface area contributed by atoms with Crippen molar-refractivity contribution in [3.05, 3.63) is 40.7 Å². The molecule has 0 atom stereocenters. The minimum atomic E-state index is -1.00. The number of aromatic carboxylic acids is 1. The van der Waals surface area contributed by atoms with Crippen LogP contribution in [-0.2, 0) is 0 Å². The molecule has 2 aromatic rings. The summed E-state index contributed by atoms with van der Waals surface area (Å²) in [5, 5.41) is 13.5. The summed E-state index contributed by atoms with van der Waals surface area (Å²) in [5.41, 5.74) is 1.30. The molecule has 94 valence electrons. The van der Waals surface area contributed by atoms with Gasteiger partial charge in [-0.2, -0.15) is 5.10 Å². The van der Waals surface area contributed by atoms with E-state index in [9.17, 15) is 4.79 Å². The van der Waals surface area contributed by atoms with Gasteiger partial charge in [0.05, 0.1) is 23.5 Å². The smallest absolute Gasteiger partial charge is 0.339 e. The first-order valence-corrected chi connectivity index (χ1v) is 5.54. The molecule has 0 bridgehead atoms. The first-order chi connectivity index (χ1) is 8.52. The number of halogens is 1. The third kappa shape index (κ3) is 2.17. The van der Waals surface area contributed by atoms with Gasteiger partial charge in [0.1, 0.15) is 11.3 Å². The molecule has 1 heterocycles. The Balaban J connectivity index is 2.46. The number of carbonyl (C=O) groups is 1. The van der Waals surface area contributed by atoms with Crippen LogP contribution in [0, 0.1) is 6.92 Å². The van der Waals surface area contributed by atoms with Crippen molar-refractivity contribution < 1.29 is 14.6 Å².